The van der Waals surface area contributed by atoms with E-state index in [0.717, 1.165) is 55.8 Å². The number of nitrogens with zero attached hydrogens (tertiary/aromatic N) is 4. The number of carbonyl (C=O) groups is 2. The number of aromatic nitrogens is 1. The van der Waals surface area contributed by atoms with Gasteiger partial charge in [-0.1, -0.05) is 12.8 Å². The summed E-state index contributed by atoms with van der Waals surface area (Å²) in [5, 5.41) is 6.54. The van der Waals surface area contributed by atoms with Crippen molar-refractivity contribution < 1.29 is 14.3 Å². The van der Waals surface area contributed by atoms with Crippen molar-refractivity contribution in [3.63, 3.8) is 0 Å². The molecule has 1 aromatic carbocycles. The van der Waals surface area contributed by atoms with Crippen LogP contribution in [0.1, 0.15) is 55.8 Å². The number of methoxy groups -OCH3 is 1. The summed E-state index contributed by atoms with van der Waals surface area (Å²) in [6.45, 7) is 3.98. The highest BCUT2D eigenvalue weighted by atomic mass is 16.5. The van der Waals surface area contributed by atoms with Crippen molar-refractivity contribution >= 4 is 34.7 Å². The normalized spacial score (nSPS) is 21.2. The minimum Gasteiger partial charge on any atom is -0.495 e. The number of benzene rings is 1. The van der Waals surface area contributed by atoms with E-state index in [0.29, 0.717) is 23.2 Å². The Kier molecular flexibility index (Phi) is 7.24. The zero-order valence-corrected chi connectivity index (χ0v) is 22.3. The number of hydrogen-bond donors (Lipinski definition) is 2. The molecule has 198 valence electrons. The van der Waals surface area contributed by atoms with Crippen LogP contribution in [-0.4, -0.2) is 74.1 Å². The largest absolute Gasteiger partial charge is 0.495 e. The average molecular weight is 507 g/mol. The molecule has 0 bridgehead atoms. The molecule has 2 aliphatic heterocycles. The quantitative estimate of drug-likeness (QED) is 0.616. The second-order valence-electron chi connectivity index (χ2n) is 10.6. The van der Waals surface area contributed by atoms with Crippen molar-refractivity contribution in [2.24, 2.45) is 0 Å². The lowest BCUT2D eigenvalue weighted by Gasteiger charge is -2.43. The first-order valence-corrected chi connectivity index (χ1v) is 13.4. The number of anilines is 4. The molecule has 9 heteroatoms. The van der Waals surface area contributed by atoms with Gasteiger partial charge in [0.25, 0.3) is 5.91 Å². The highest BCUT2D eigenvalue weighted by Gasteiger charge is 2.38. The molecule has 2 fully saturated rings. The van der Waals surface area contributed by atoms with Gasteiger partial charge in [0.05, 0.1) is 30.4 Å². The number of nitrogens with one attached hydrogen (secondary N) is 2. The summed E-state index contributed by atoms with van der Waals surface area (Å²) in [5.74, 6) is 1.25. The van der Waals surface area contributed by atoms with Crippen molar-refractivity contribution in [3.8, 4) is 5.75 Å². The van der Waals surface area contributed by atoms with Gasteiger partial charge in [0.15, 0.2) is 0 Å². The van der Waals surface area contributed by atoms with E-state index in [-0.39, 0.29) is 23.9 Å². The number of amides is 2. The number of rotatable bonds is 6. The third kappa shape index (κ3) is 5.09. The van der Waals surface area contributed by atoms with E-state index in [9.17, 15) is 9.59 Å². The van der Waals surface area contributed by atoms with Crippen LogP contribution in [-0.2, 0) is 4.79 Å². The topological polar surface area (TPSA) is 90.0 Å². The third-order valence-corrected chi connectivity index (χ3v) is 8.10. The third-order valence-electron chi connectivity index (χ3n) is 8.10. The van der Waals surface area contributed by atoms with Crippen molar-refractivity contribution in [2.45, 2.75) is 63.6 Å². The zero-order valence-electron chi connectivity index (χ0n) is 22.3. The first kappa shape index (κ1) is 25.3. The molecule has 1 aliphatic carbocycles. The molecule has 1 unspecified atom stereocenters. The summed E-state index contributed by atoms with van der Waals surface area (Å²) < 4.78 is 5.64. The predicted molar refractivity (Wildman–Crippen MR) is 146 cm³/mol. The number of pyridine rings is 1. The lowest BCUT2D eigenvalue weighted by atomic mass is 10.0. The molecule has 37 heavy (non-hydrogen) atoms. The molecule has 1 aromatic heterocycles. The first-order valence-electron chi connectivity index (χ1n) is 13.4. The molecule has 2 N–H and O–H groups in total. The summed E-state index contributed by atoms with van der Waals surface area (Å²) in [7, 11) is 5.52. The van der Waals surface area contributed by atoms with Crippen LogP contribution >= 0.6 is 0 Å². The van der Waals surface area contributed by atoms with Crippen molar-refractivity contribution in [3.05, 3.63) is 36.0 Å². The fourth-order valence-electron chi connectivity index (χ4n) is 5.89. The van der Waals surface area contributed by atoms with Crippen LogP contribution in [0.5, 0.6) is 5.75 Å². The molecular weight excluding hydrogens is 468 g/mol. The van der Waals surface area contributed by atoms with Crippen LogP contribution in [0.2, 0.25) is 0 Å². The average Bonchev–Trinajstić information content (AvgIpc) is 3.43. The molecular formula is C28H38N6O3. The molecule has 0 spiro atoms. The summed E-state index contributed by atoms with van der Waals surface area (Å²) >= 11 is 0. The van der Waals surface area contributed by atoms with Gasteiger partial charge in [-0.2, -0.15) is 0 Å². The highest BCUT2D eigenvalue weighted by Crippen LogP contribution is 2.41. The van der Waals surface area contributed by atoms with Crippen LogP contribution in [0.25, 0.3) is 0 Å². The predicted octanol–water partition coefficient (Wildman–Crippen LogP) is 3.77. The van der Waals surface area contributed by atoms with E-state index in [2.05, 4.69) is 32.5 Å². The summed E-state index contributed by atoms with van der Waals surface area (Å²) in [5.41, 5.74) is 3.15. The number of ether oxygens (including phenoxy) is 1. The lowest BCUT2D eigenvalue weighted by molar-refractivity contribution is -0.119. The van der Waals surface area contributed by atoms with Gasteiger partial charge in [0, 0.05) is 30.8 Å². The van der Waals surface area contributed by atoms with Gasteiger partial charge in [-0.15, -0.1) is 0 Å². The van der Waals surface area contributed by atoms with E-state index in [1.54, 1.807) is 24.3 Å². The standard InChI is InChI=1S/C28H38N6O3/c1-18-28(36)33(3)24-17-29-26(16-23(24)34(18)21-7-5-6-8-21)31-22-10-9-19(15-25(22)37-4)27(35)30-20-11-13-32(2)14-12-20/h9-10,15-18,20-21H,5-8,11-14H2,1-4H3,(H,29,31)(H,30,35). The number of carbonyl (C=O) groups excluding carboxylic acids is 2. The minimum absolute atomic E-state index is 0.0831. The molecule has 1 saturated carbocycles. The van der Waals surface area contributed by atoms with Crippen molar-refractivity contribution in [2.75, 3.05) is 49.4 Å². The maximum Gasteiger partial charge on any atom is 0.251 e. The maximum atomic E-state index is 12.9. The number of likely N-dealkylation sites (N-methyl/N-ethyl adjacent to an activating group) is 1. The van der Waals surface area contributed by atoms with Gasteiger partial charge in [-0.3, -0.25) is 9.59 Å². The monoisotopic (exact) mass is 506 g/mol. The van der Waals surface area contributed by atoms with Crippen LogP contribution in [0, 0.1) is 0 Å². The van der Waals surface area contributed by atoms with Gasteiger partial charge in [-0.25, -0.2) is 4.98 Å². The van der Waals surface area contributed by atoms with E-state index < -0.39 is 0 Å². The molecule has 3 aliphatic rings. The Morgan fingerprint density at radius 2 is 1.78 bits per heavy atom. The molecule has 3 heterocycles. The Hall–Kier alpha value is -3.33. The SMILES string of the molecule is COc1cc(C(=O)NC2CCN(C)CC2)ccc1Nc1cc2c(cn1)N(C)C(=O)C(C)N2C1CCCC1. The van der Waals surface area contributed by atoms with Gasteiger partial charge in [0.1, 0.15) is 17.6 Å². The molecule has 1 atom stereocenters. The summed E-state index contributed by atoms with van der Waals surface area (Å²) in [4.78, 5) is 36.7. The van der Waals surface area contributed by atoms with Crippen molar-refractivity contribution in [1.82, 2.24) is 15.2 Å². The second-order valence-corrected chi connectivity index (χ2v) is 10.6. The molecule has 5 rings (SSSR count). The molecule has 2 aromatic rings. The number of fused-ring (bicyclic) bond motifs is 1. The van der Waals surface area contributed by atoms with Gasteiger partial charge >= 0.3 is 0 Å². The Morgan fingerprint density at radius 3 is 2.49 bits per heavy atom. The van der Waals surface area contributed by atoms with E-state index in [1.165, 1.54) is 12.8 Å². The Morgan fingerprint density at radius 1 is 1.05 bits per heavy atom. The fraction of sp³-hybridized carbons (Fsp3) is 0.536. The number of likely N-dealkylation sites (tertiary alicyclic amines) is 1. The van der Waals surface area contributed by atoms with E-state index in [1.807, 2.05) is 32.2 Å². The maximum absolute atomic E-state index is 12.9. The second kappa shape index (κ2) is 10.6. The highest BCUT2D eigenvalue weighted by molar-refractivity contribution is 6.05. The van der Waals surface area contributed by atoms with Gasteiger partial charge < -0.3 is 30.1 Å². The minimum atomic E-state index is -0.215. The summed E-state index contributed by atoms with van der Waals surface area (Å²) in [6, 6.07) is 7.80. The van der Waals surface area contributed by atoms with E-state index >= 15 is 0 Å². The molecule has 2 amide bonds. The Labute approximate surface area is 219 Å². The zero-order chi connectivity index (χ0) is 26.1. The molecule has 9 nitrogen and oxygen atoms in total. The lowest BCUT2D eigenvalue weighted by Crippen LogP contribution is -2.54. The first-order chi connectivity index (χ1) is 17.9. The van der Waals surface area contributed by atoms with Gasteiger partial charge in [0.2, 0.25) is 5.91 Å². The van der Waals surface area contributed by atoms with E-state index in [4.69, 9.17) is 4.74 Å². The van der Waals surface area contributed by atoms with Crippen LogP contribution in [0.15, 0.2) is 30.5 Å². The molecule has 1 saturated heterocycles. The number of piperidine rings is 1. The number of hydrogen-bond acceptors (Lipinski definition) is 7. The Bertz CT molecular complexity index is 1160. The van der Waals surface area contributed by atoms with Crippen LogP contribution in [0.4, 0.5) is 22.9 Å². The fourth-order valence-corrected chi connectivity index (χ4v) is 5.89. The van der Waals surface area contributed by atoms with Crippen LogP contribution in [0.3, 0.4) is 0 Å². The molecule has 0 radical (unpaired) electrons. The smallest absolute Gasteiger partial charge is 0.251 e. The van der Waals surface area contributed by atoms with Crippen LogP contribution < -0.4 is 25.2 Å². The van der Waals surface area contributed by atoms with Crippen molar-refractivity contribution in [1.29, 1.82) is 0 Å². The summed E-state index contributed by atoms with van der Waals surface area (Å²) in [6.07, 6.45) is 8.26. The van der Waals surface area contributed by atoms with Gasteiger partial charge in [-0.05, 0) is 70.9 Å². The Balaban J connectivity index is 1.36.